The van der Waals surface area contributed by atoms with Crippen molar-refractivity contribution in [3.63, 3.8) is 0 Å². The van der Waals surface area contributed by atoms with Gasteiger partial charge in [0.2, 0.25) is 4.96 Å². The molecule has 0 unspecified atom stereocenters. The molecular weight excluding hydrogens is 329 g/mol. The maximum absolute atomic E-state index is 12.9. The molecule has 0 saturated heterocycles. The molecule has 3 nitrogen and oxygen atoms in total. The van der Waals surface area contributed by atoms with Crippen molar-refractivity contribution in [2.45, 2.75) is 18.8 Å². The summed E-state index contributed by atoms with van der Waals surface area (Å²) in [6.07, 6.45) is 2.47. The second kappa shape index (κ2) is 4.11. The highest BCUT2D eigenvalue weighted by atomic mass is 79.9. The summed E-state index contributed by atoms with van der Waals surface area (Å²) in [4.78, 5) is 5.48. The van der Waals surface area contributed by atoms with Gasteiger partial charge in [-0.2, -0.15) is 9.61 Å². The molecule has 6 heteroatoms. The van der Waals surface area contributed by atoms with Gasteiger partial charge in [0.15, 0.2) is 0 Å². The SMILES string of the molecule is Fc1ccc(-c2nc3sc(C4CC4)nn3c2Br)cc1. The van der Waals surface area contributed by atoms with Gasteiger partial charge in [-0.3, -0.25) is 0 Å². The smallest absolute Gasteiger partial charge is 0.213 e. The maximum Gasteiger partial charge on any atom is 0.213 e. The minimum absolute atomic E-state index is 0.241. The number of halogens is 2. The van der Waals surface area contributed by atoms with Crippen molar-refractivity contribution in [2.75, 3.05) is 0 Å². The van der Waals surface area contributed by atoms with Crippen LogP contribution in [0, 0.1) is 5.82 Å². The molecule has 96 valence electrons. The van der Waals surface area contributed by atoms with Crippen molar-refractivity contribution in [3.05, 3.63) is 39.7 Å². The Kier molecular flexibility index (Phi) is 2.50. The number of hydrogen-bond acceptors (Lipinski definition) is 3. The molecule has 0 spiro atoms. The highest BCUT2D eigenvalue weighted by molar-refractivity contribution is 9.10. The molecule has 0 N–H and O–H groups in total. The van der Waals surface area contributed by atoms with Crippen LogP contribution in [0.2, 0.25) is 0 Å². The fraction of sp³-hybridized carbons (Fsp3) is 0.231. The summed E-state index contributed by atoms with van der Waals surface area (Å²) in [7, 11) is 0. The molecule has 1 saturated carbocycles. The van der Waals surface area contributed by atoms with Crippen LogP contribution >= 0.6 is 27.3 Å². The van der Waals surface area contributed by atoms with Crippen LogP contribution in [0.4, 0.5) is 4.39 Å². The predicted molar refractivity (Wildman–Crippen MR) is 75.9 cm³/mol. The van der Waals surface area contributed by atoms with Crippen LogP contribution in [0.3, 0.4) is 0 Å². The van der Waals surface area contributed by atoms with Crippen molar-refractivity contribution in [3.8, 4) is 11.3 Å². The molecule has 1 aliphatic carbocycles. The summed E-state index contributed by atoms with van der Waals surface area (Å²) in [6, 6.07) is 6.35. The molecule has 0 radical (unpaired) electrons. The first-order valence-corrected chi connectivity index (χ1v) is 7.64. The van der Waals surface area contributed by atoms with Gasteiger partial charge in [0.1, 0.15) is 21.1 Å². The van der Waals surface area contributed by atoms with Crippen molar-refractivity contribution in [2.24, 2.45) is 0 Å². The monoisotopic (exact) mass is 337 g/mol. The Morgan fingerprint density at radius 2 is 2.00 bits per heavy atom. The topological polar surface area (TPSA) is 30.2 Å². The third-order valence-electron chi connectivity index (χ3n) is 3.21. The highest BCUT2D eigenvalue weighted by Crippen LogP contribution is 2.43. The van der Waals surface area contributed by atoms with Crippen molar-refractivity contribution >= 4 is 32.2 Å². The minimum Gasteiger partial charge on any atom is -0.216 e. The van der Waals surface area contributed by atoms with Crippen LogP contribution in [0.15, 0.2) is 28.9 Å². The van der Waals surface area contributed by atoms with E-state index >= 15 is 0 Å². The molecule has 3 aromatic rings. The molecule has 4 rings (SSSR count). The molecule has 1 aromatic carbocycles. The van der Waals surface area contributed by atoms with Gasteiger partial charge in [0.05, 0.1) is 0 Å². The Hall–Kier alpha value is -1.27. The van der Waals surface area contributed by atoms with Crippen LogP contribution in [0.25, 0.3) is 16.2 Å². The molecule has 0 aliphatic heterocycles. The zero-order valence-corrected chi connectivity index (χ0v) is 12.2. The highest BCUT2D eigenvalue weighted by Gasteiger charge is 2.28. The fourth-order valence-corrected chi connectivity index (χ4v) is 3.77. The Morgan fingerprint density at radius 3 is 2.63 bits per heavy atom. The third-order valence-corrected chi connectivity index (χ3v) is 4.99. The lowest BCUT2D eigenvalue weighted by Crippen LogP contribution is -1.87. The first-order valence-electron chi connectivity index (χ1n) is 6.03. The average Bonchev–Trinajstić information content (AvgIpc) is 3.10. The van der Waals surface area contributed by atoms with Gasteiger partial charge in [-0.15, -0.1) is 0 Å². The van der Waals surface area contributed by atoms with Gasteiger partial charge in [-0.1, -0.05) is 11.3 Å². The molecular formula is C13H9BrFN3S. The summed E-state index contributed by atoms with van der Waals surface area (Å²) in [6.45, 7) is 0. The summed E-state index contributed by atoms with van der Waals surface area (Å²) >= 11 is 5.18. The fourth-order valence-electron chi connectivity index (χ4n) is 2.03. The summed E-state index contributed by atoms with van der Waals surface area (Å²) in [5.74, 6) is 0.392. The van der Waals surface area contributed by atoms with E-state index in [9.17, 15) is 4.39 Å². The van der Waals surface area contributed by atoms with Crippen LogP contribution in [0.1, 0.15) is 23.8 Å². The van der Waals surface area contributed by atoms with Crippen molar-refractivity contribution in [1.82, 2.24) is 14.6 Å². The van der Waals surface area contributed by atoms with Crippen molar-refractivity contribution in [1.29, 1.82) is 0 Å². The second-order valence-electron chi connectivity index (χ2n) is 4.67. The summed E-state index contributed by atoms with van der Waals surface area (Å²) < 4.78 is 15.6. The Morgan fingerprint density at radius 1 is 1.26 bits per heavy atom. The van der Waals surface area contributed by atoms with E-state index in [1.165, 1.54) is 25.0 Å². The largest absolute Gasteiger partial charge is 0.216 e. The maximum atomic E-state index is 12.9. The molecule has 1 aliphatic rings. The Bertz CT molecular complexity index is 758. The summed E-state index contributed by atoms with van der Waals surface area (Å²) in [5, 5.41) is 5.75. The third kappa shape index (κ3) is 1.90. The van der Waals surface area contributed by atoms with Crippen LogP contribution in [-0.4, -0.2) is 14.6 Å². The molecule has 19 heavy (non-hydrogen) atoms. The molecule has 2 aromatic heterocycles. The first kappa shape index (κ1) is 11.5. The Balaban J connectivity index is 1.84. The zero-order chi connectivity index (χ0) is 13.0. The Labute approximate surface area is 121 Å². The van der Waals surface area contributed by atoms with E-state index in [1.807, 2.05) is 4.52 Å². The van der Waals surface area contributed by atoms with Gasteiger partial charge in [-0.05, 0) is 53.0 Å². The van der Waals surface area contributed by atoms with Gasteiger partial charge >= 0.3 is 0 Å². The lowest BCUT2D eigenvalue weighted by molar-refractivity contribution is 0.628. The molecule has 0 bridgehead atoms. The number of imidazole rings is 1. The molecule has 1 fully saturated rings. The van der Waals surface area contributed by atoms with E-state index in [4.69, 9.17) is 0 Å². The lowest BCUT2D eigenvalue weighted by Gasteiger charge is -1.97. The quantitative estimate of drug-likeness (QED) is 0.700. The van der Waals surface area contributed by atoms with E-state index in [0.717, 1.165) is 25.8 Å². The standard InChI is InChI=1S/C13H9BrFN3S/c14-11-10(7-3-5-9(15)6-4-7)16-13-18(11)17-12(19-13)8-1-2-8/h3-6,8H,1-2H2. The number of aromatic nitrogens is 3. The van der Waals surface area contributed by atoms with Gasteiger partial charge in [0.25, 0.3) is 0 Å². The van der Waals surface area contributed by atoms with Gasteiger partial charge in [0, 0.05) is 11.5 Å². The first-order chi connectivity index (χ1) is 9.22. The predicted octanol–water partition coefficient (Wildman–Crippen LogP) is 4.24. The van der Waals surface area contributed by atoms with E-state index < -0.39 is 0 Å². The zero-order valence-electron chi connectivity index (χ0n) is 9.81. The van der Waals surface area contributed by atoms with E-state index in [2.05, 4.69) is 26.0 Å². The van der Waals surface area contributed by atoms with E-state index in [-0.39, 0.29) is 5.82 Å². The summed E-state index contributed by atoms with van der Waals surface area (Å²) in [5.41, 5.74) is 1.69. The van der Waals surface area contributed by atoms with Crippen molar-refractivity contribution < 1.29 is 4.39 Å². The van der Waals surface area contributed by atoms with E-state index in [0.29, 0.717) is 5.92 Å². The van der Waals surface area contributed by atoms with Crippen LogP contribution < -0.4 is 0 Å². The lowest BCUT2D eigenvalue weighted by atomic mass is 10.2. The normalized spacial score (nSPS) is 15.3. The molecule has 0 atom stereocenters. The average molecular weight is 338 g/mol. The number of nitrogens with zero attached hydrogens (tertiary/aromatic N) is 3. The van der Waals surface area contributed by atoms with Gasteiger partial charge in [-0.25, -0.2) is 9.37 Å². The number of fused-ring (bicyclic) bond motifs is 1. The molecule has 0 amide bonds. The number of hydrogen-bond donors (Lipinski definition) is 0. The minimum atomic E-state index is -0.241. The number of rotatable bonds is 2. The number of benzene rings is 1. The molecule has 2 heterocycles. The van der Waals surface area contributed by atoms with Crippen LogP contribution in [0.5, 0.6) is 0 Å². The second-order valence-corrected chi connectivity index (χ2v) is 6.41. The van der Waals surface area contributed by atoms with E-state index in [1.54, 1.807) is 23.5 Å². The van der Waals surface area contributed by atoms with Gasteiger partial charge < -0.3 is 0 Å². The van der Waals surface area contributed by atoms with Crippen LogP contribution in [-0.2, 0) is 0 Å².